The third-order valence-electron chi connectivity index (χ3n) is 2.80. The smallest absolute Gasteiger partial charge is 0.405 e. The zero-order valence-electron chi connectivity index (χ0n) is 10.3. The average molecular weight is 292 g/mol. The molecule has 4 nitrogen and oxygen atoms in total. The van der Waals surface area contributed by atoms with E-state index in [1.165, 1.54) is 11.0 Å². The van der Waals surface area contributed by atoms with Gasteiger partial charge < -0.3 is 15.0 Å². The van der Waals surface area contributed by atoms with Gasteiger partial charge in [-0.05, 0) is 6.07 Å². The normalized spacial score (nSPS) is 16.4. The average Bonchev–Trinajstić information content (AvgIpc) is 2.33. The number of alkyl halides is 3. The number of amides is 1. The van der Waals surface area contributed by atoms with Crippen molar-refractivity contribution in [1.82, 2.24) is 10.2 Å². The number of hydrogen-bond acceptors (Lipinski definition) is 3. The molecule has 0 unspecified atom stereocenters. The number of halogens is 4. The summed E-state index contributed by atoms with van der Waals surface area (Å²) in [4.78, 5) is 13.0. The van der Waals surface area contributed by atoms with Crippen LogP contribution in [0.3, 0.4) is 0 Å². The third kappa shape index (κ3) is 3.83. The Hall–Kier alpha value is -1.83. The van der Waals surface area contributed by atoms with Crippen LogP contribution in [0.5, 0.6) is 5.75 Å². The van der Waals surface area contributed by atoms with Crippen LogP contribution in [0.4, 0.5) is 17.6 Å². The molecule has 110 valence electrons. The van der Waals surface area contributed by atoms with Gasteiger partial charge in [0.05, 0.1) is 6.54 Å². The number of carbonyl (C=O) groups is 1. The van der Waals surface area contributed by atoms with Crippen LogP contribution in [0, 0.1) is 5.82 Å². The van der Waals surface area contributed by atoms with Gasteiger partial charge in [-0.3, -0.25) is 4.79 Å². The van der Waals surface area contributed by atoms with Crippen LogP contribution in [-0.2, 0) is 11.3 Å². The van der Waals surface area contributed by atoms with E-state index in [1.807, 2.05) is 0 Å². The summed E-state index contributed by atoms with van der Waals surface area (Å²) < 4.78 is 53.7. The minimum atomic E-state index is -4.91. The number of hydrogen-bond donors (Lipinski definition) is 1. The highest BCUT2D eigenvalue weighted by Gasteiger charge is 2.32. The Kier molecular flexibility index (Phi) is 4.12. The molecule has 0 spiro atoms. The van der Waals surface area contributed by atoms with Crippen LogP contribution in [0.25, 0.3) is 0 Å². The van der Waals surface area contributed by atoms with Crippen molar-refractivity contribution in [3.63, 3.8) is 0 Å². The van der Waals surface area contributed by atoms with Crippen LogP contribution in [-0.4, -0.2) is 36.8 Å². The molecule has 0 aromatic heterocycles. The molecule has 1 aliphatic heterocycles. The van der Waals surface area contributed by atoms with Gasteiger partial charge in [0.2, 0.25) is 5.91 Å². The highest BCUT2D eigenvalue weighted by molar-refractivity contribution is 5.79. The molecule has 0 bridgehead atoms. The molecule has 1 aromatic rings. The largest absolute Gasteiger partial charge is 0.573 e. The van der Waals surface area contributed by atoms with Gasteiger partial charge in [-0.1, -0.05) is 6.07 Å². The highest BCUT2D eigenvalue weighted by Crippen LogP contribution is 2.28. The second kappa shape index (κ2) is 5.66. The molecule has 0 saturated carbocycles. The summed E-state index contributed by atoms with van der Waals surface area (Å²) in [6, 6.07) is 2.88. The Labute approximate surface area is 112 Å². The van der Waals surface area contributed by atoms with E-state index in [0.29, 0.717) is 19.2 Å². The van der Waals surface area contributed by atoms with Gasteiger partial charge in [-0.25, -0.2) is 4.39 Å². The summed E-state index contributed by atoms with van der Waals surface area (Å²) in [5.41, 5.74) is 0.110. The van der Waals surface area contributed by atoms with Crippen molar-refractivity contribution in [1.29, 1.82) is 0 Å². The van der Waals surface area contributed by atoms with Crippen molar-refractivity contribution >= 4 is 5.91 Å². The first-order valence-electron chi connectivity index (χ1n) is 5.88. The molecule has 0 aliphatic carbocycles. The Morgan fingerprint density at radius 3 is 2.75 bits per heavy atom. The summed E-state index contributed by atoms with van der Waals surface area (Å²) >= 11 is 0. The molecule has 8 heteroatoms. The number of ether oxygens (including phenoxy) is 1. The number of nitrogens with zero attached hydrogens (tertiary/aromatic N) is 1. The van der Waals surface area contributed by atoms with Crippen molar-refractivity contribution in [3.05, 3.63) is 29.6 Å². The molecule has 20 heavy (non-hydrogen) atoms. The fourth-order valence-corrected chi connectivity index (χ4v) is 1.90. The van der Waals surface area contributed by atoms with E-state index >= 15 is 0 Å². The van der Waals surface area contributed by atoms with E-state index in [-0.39, 0.29) is 24.6 Å². The van der Waals surface area contributed by atoms with E-state index in [2.05, 4.69) is 10.1 Å². The predicted molar refractivity (Wildman–Crippen MR) is 61.4 cm³/mol. The third-order valence-corrected chi connectivity index (χ3v) is 2.80. The predicted octanol–water partition coefficient (Wildman–Crippen LogP) is 1.66. The van der Waals surface area contributed by atoms with E-state index in [4.69, 9.17) is 0 Å². The van der Waals surface area contributed by atoms with Crippen LogP contribution in [0.15, 0.2) is 18.2 Å². The van der Waals surface area contributed by atoms with E-state index in [1.54, 1.807) is 0 Å². The van der Waals surface area contributed by atoms with Gasteiger partial charge in [0.1, 0.15) is 11.6 Å². The molecule has 1 amide bonds. The van der Waals surface area contributed by atoms with Gasteiger partial charge in [0, 0.05) is 31.3 Å². The lowest BCUT2D eigenvalue weighted by Gasteiger charge is -2.28. The first kappa shape index (κ1) is 14.6. The summed E-state index contributed by atoms with van der Waals surface area (Å²) in [5, 5.41) is 2.85. The first-order valence-corrected chi connectivity index (χ1v) is 5.88. The number of benzene rings is 1. The Bertz CT molecular complexity index is 505. The molecule has 1 heterocycles. The van der Waals surface area contributed by atoms with Crippen LogP contribution in [0.2, 0.25) is 0 Å². The molecule has 1 N–H and O–H groups in total. The minimum absolute atomic E-state index is 0.0494. The number of carbonyl (C=O) groups excluding carboxylic acids is 1. The summed E-state index contributed by atoms with van der Waals surface area (Å²) in [5.74, 6) is -1.68. The monoisotopic (exact) mass is 292 g/mol. The minimum Gasteiger partial charge on any atom is -0.405 e. The summed E-state index contributed by atoms with van der Waals surface area (Å²) in [7, 11) is 0. The van der Waals surface area contributed by atoms with Gasteiger partial charge in [-0.2, -0.15) is 0 Å². The van der Waals surface area contributed by atoms with Crippen LogP contribution >= 0.6 is 0 Å². The highest BCUT2D eigenvalue weighted by atomic mass is 19.4. The standard InChI is InChI=1S/C12H12F4N2O2/c13-9-2-1-8(10(5-9)20-12(14,15)16)7-18-4-3-17-6-11(18)19/h1-2,5,17H,3-4,6-7H2. The van der Waals surface area contributed by atoms with E-state index < -0.39 is 17.9 Å². The molecule has 0 radical (unpaired) electrons. The lowest BCUT2D eigenvalue weighted by molar-refractivity contribution is -0.275. The van der Waals surface area contributed by atoms with Crippen molar-refractivity contribution < 1.29 is 27.1 Å². The van der Waals surface area contributed by atoms with Crippen molar-refractivity contribution in [2.75, 3.05) is 19.6 Å². The van der Waals surface area contributed by atoms with Gasteiger partial charge in [-0.15, -0.1) is 13.2 Å². The summed E-state index contributed by atoms with van der Waals surface area (Å²) in [6.45, 7) is 1.02. The van der Waals surface area contributed by atoms with Crippen molar-refractivity contribution in [2.24, 2.45) is 0 Å². The lowest BCUT2D eigenvalue weighted by Crippen LogP contribution is -2.47. The Balaban J connectivity index is 2.19. The van der Waals surface area contributed by atoms with Gasteiger partial charge in [0.25, 0.3) is 0 Å². The van der Waals surface area contributed by atoms with Crippen molar-refractivity contribution in [3.8, 4) is 5.75 Å². The maximum Gasteiger partial charge on any atom is 0.573 e. The SMILES string of the molecule is O=C1CNCCN1Cc1ccc(F)cc1OC(F)(F)F. The molecular formula is C12H12F4N2O2. The molecule has 1 fully saturated rings. The fourth-order valence-electron chi connectivity index (χ4n) is 1.90. The van der Waals surface area contributed by atoms with Crippen LogP contribution < -0.4 is 10.1 Å². The first-order chi connectivity index (χ1) is 9.35. The molecular weight excluding hydrogens is 280 g/mol. The Morgan fingerprint density at radius 1 is 1.35 bits per heavy atom. The maximum absolute atomic E-state index is 13.0. The van der Waals surface area contributed by atoms with E-state index in [9.17, 15) is 22.4 Å². The topological polar surface area (TPSA) is 41.6 Å². The zero-order chi connectivity index (χ0) is 14.8. The van der Waals surface area contributed by atoms with Gasteiger partial charge >= 0.3 is 6.36 Å². The molecule has 1 saturated heterocycles. The van der Waals surface area contributed by atoms with Gasteiger partial charge in [0.15, 0.2) is 0 Å². The second-order valence-electron chi connectivity index (χ2n) is 4.29. The second-order valence-corrected chi connectivity index (χ2v) is 4.29. The number of rotatable bonds is 3. The molecule has 1 aromatic carbocycles. The molecule has 0 atom stereocenters. The Morgan fingerprint density at radius 2 is 2.10 bits per heavy atom. The quantitative estimate of drug-likeness (QED) is 0.861. The molecule has 1 aliphatic rings. The van der Waals surface area contributed by atoms with E-state index in [0.717, 1.165) is 6.07 Å². The number of piperazine rings is 1. The van der Waals surface area contributed by atoms with Crippen LogP contribution in [0.1, 0.15) is 5.56 Å². The summed E-state index contributed by atoms with van der Waals surface area (Å²) in [6.07, 6.45) is -4.91. The van der Waals surface area contributed by atoms with Crippen molar-refractivity contribution in [2.45, 2.75) is 12.9 Å². The molecule has 2 rings (SSSR count). The zero-order valence-corrected chi connectivity index (χ0v) is 10.3. The number of nitrogens with one attached hydrogen (secondary N) is 1. The fraction of sp³-hybridized carbons (Fsp3) is 0.417. The maximum atomic E-state index is 13.0. The lowest BCUT2D eigenvalue weighted by atomic mass is 10.1.